The summed E-state index contributed by atoms with van der Waals surface area (Å²) in [4.78, 5) is 8.43. The van der Waals surface area contributed by atoms with Gasteiger partial charge in [0.25, 0.3) is 0 Å². The molecule has 1 heterocycles. The van der Waals surface area contributed by atoms with Gasteiger partial charge >= 0.3 is 0 Å². The molecule has 0 aliphatic carbocycles. The van der Waals surface area contributed by atoms with E-state index in [0.717, 1.165) is 33.9 Å². The number of methoxy groups -OCH3 is 4. The molecule has 6 nitrogen and oxygen atoms in total. The average molecular weight is 416 g/mol. The van der Waals surface area contributed by atoms with Gasteiger partial charge in [0.15, 0.2) is 0 Å². The van der Waals surface area contributed by atoms with Crippen LogP contribution in [0.15, 0.2) is 66.7 Å². The van der Waals surface area contributed by atoms with E-state index in [9.17, 15) is 0 Å². The molecular formula is C25H24N2O4. The molecule has 0 spiro atoms. The number of rotatable bonds is 7. The topological polar surface area (TPSA) is 65.6 Å². The van der Waals surface area contributed by atoms with E-state index < -0.39 is 0 Å². The lowest BCUT2D eigenvalue weighted by molar-refractivity contribution is 0.394. The van der Waals surface area contributed by atoms with Crippen LogP contribution in [0.3, 0.4) is 0 Å². The fraction of sp³-hybridized carbons (Fsp3) is 0.160. The molecule has 3 aromatic carbocycles. The van der Waals surface area contributed by atoms with Crippen LogP contribution in [-0.2, 0) is 0 Å². The fourth-order valence-corrected chi connectivity index (χ4v) is 3.42. The Kier molecular flexibility index (Phi) is 5.80. The monoisotopic (exact) mass is 416 g/mol. The molecule has 0 aliphatic rings. The van der Waals surface area contributed by atoms with E-state index in [2.05, 4.69) is 4.98 Å². The van der Waals surface area contributed by atoms with Crippen molar-refractivity contribution in [3.8, 4) is 56.9 Å². The van der Waals surface area contributed by atoms with Gasteiger partial charge < -0.3 is 23.9 Å². The Bertz CT molecular complexity index is 1070. The van der Waals surface area contributed by atoms with E-state index in [-0.39, 0.29) is 0 Å². The first-order valence-electron chi connectivity index (χ1n) is 9.77. The highest BCUT2D eigenvalue weighted by Gasteiger charge is 2.18. The predicted molar refractivity (Wildman–Crippen MR) is 121 cm³/mol. The number of H-pyrrole nitrogens is 1. The van der Waals surface area contributed by atoms with Crippen LogP contribution in [0.5, 0.6) is 23.0 Å². The summed E-state index contributed by atoms with van der Waals surface area (Å²) in [5.41, 5.74) is 4.35. The number of benzene rings is 3. The molecule has 31 heavy (non-hydrogen) atoms. The molecule has 1 aromatic heterocycles. The molecule has 0 saturated heterocycles. The van der Waals surface area contributed by atoms with E-state index in [1.54, 1.807) is 28.4 Å². The van der Waals surface area contributed by atoms with Gasteiger partial charge in [-0.25, -0.2) is 4.98 Å². The zero-order valence-electron chi connectivity index (χ0n) is 17.9. The molecule has 0 radical (unpaired) electrons. The Labute approximate surface area is 181 Å². The van der Waals surface area contributed by atoms with E-state index in [1.807, 2.05) is 66.7 Å². The number of ether oxygens (including phenoxy) is 4. The van der Waals surface area contributed by atoms with Gasteiger partial charge in [-0.3, -0.25) is 0 Å². The van der Waals surface area contributed by atoms with Crippen LogP contribution >= 0.6 is 0 Å². The van der Waals surface area contributed by atoms with Crippen LogP contribution in [0.2, 0.25) is 0 Å². The summed E-state index contributed by atoms with van der Waals surface area (Å²) in [6, 6.07) is 21.4. The number of hydrogen-bond acceptors (Lipinski definition) is 5. The number of nitrogens with zero attached hydrogens (tertiary/aromatic N) is 1. The van der Waals surface area contributed by atoms with Crippen molar-refractivity contribution in [3.63, 3.8) is 0 Å². The molecule has 0 bridgehead atoms. The summed E-state index contributed by atoms with van der Waals surface area (Å²) in [6.45, 7) is 0. The third kappa shape index (κ3) is 4.19. The summed E-state index contributed by atoms with van der Waals surface area (Å²) >= 11 is 0. The number of nitrogens with one attached hydrogen (secondary N) is 1. The van der Waals surface area contributed by atoms with Gasteiger partial charge in [0.05, 0.1) is 39.8 Å². The molecule has 0 amide bonds. The van der Waals surface area contributed by atoms with Gasteiger partial charge in [0.1, 0.15) is 28.8 Å². The van der Waals surface area contributed by atoms with Crippen LogP contribution in [-0.4, -0.2) is 38.4 Å². The molecule has 0 aliphatic heterocycles. The molecule has 4 aromatic rings. The summed E-state index contributed by atoms with van der Waals surface area (Å²) in [5, 5.41) is 0. The number of hydrogen-bond donors (Lipinski definition) is 1. The van der Waals surface area contributed by atoms with Crippen LogP contribution in [0, 0.1) is 0 Å². The van der Waals surface area contributed by atoms with Gasteiger partial charge in [0, 0.05) is 28.8 Å². The van der Waals surface area contributed by atoms with Gasteiger partial charge in [0.2, 0.25) is 0 Å². The molecule has 6 heteroatoms. The summed E-state index contributed by atoms with van der Waals surface area (Å²) in [5.74, 6) is 3.52. The minimum absolute atomic E-state index is 0.688. The number of aromatic nitrogens is 2. The first-order valence-corrected chi connectivity index (χ1v) is 9.77. The quantitative estimate of drug-likeness (QED) is 0.434. The largest absolute Gasteiger partial charge is 0.497 e. The first-order chi connectivity index (χ1) is 15.1. The second-order valence-corrected chi connectivity index (χ2v) is 6.88. The smallest absolute Gasteiger partial charge is 0.138 e. The maximum absolute atomic E-state index is 5.47. The Morgan fingerprint density at radius 3 is 1.55 bits per heavy atom. The lowest BCUT2D eigenvalue weighted by atomic mass is 10.0. The van der Waals surface area contributed by atoms with Crippen molar-refractivity contribution in [1.82, 2.24) is 9.97 Å². The van der Waals surface area contributed by atoms with Crippen LogP contribution < -0.4 is 18.9 Å². The SMILES string of the molecule is COc1cc(OC)cc(-c2nc(-c3ccccc3)[nH]c2-c2cc(OC)cc(OC)c2)c1. The molecule has 0 saturated carbocycles. The van der Waals surface area contributed by atoms with Crippen molar-refractivity contribution in [1.29, 1.82) is 0 Å². The van der Waals surface area contributed by atoms with Crippen molar-refractivity contribution in [2.75, 3.05) is 28.4 Å². The molecular weight excluding hydrogens is 392 g/mol. The highest BCUT2D eigenvalue weighted by Crippen LogP contribution is 2.38. The predicted octanol–water partition coefficient (Wildman–Crippen LogP) is 5.45. The second kappa shape index (κ2) is 8.83. The minimum Gasteiger partial charge on any atom is -0.497 e. The maximum atomic E-state index is 5.47. The van der Waals surface area contributed by atoms with Gasteiger partial charge in [-0.1, -0.05) is 30.3 Å². The van der Waals surface area contributed by atoms with Crippen molar-refractivity contribution in [2.24, 2.45) is 0 Å². The molecule has 0 atom stereocenters. The summed E-state index contributed by atoms with van der Waals surface area (Å²) in [6.07, 6.45) is 0. The Morgan fingerprint density at radius 2 is 1.06 bits per heavy atom. The highest BCUT2D eigenvalue weighted by molar-refractivity contribution is 5.83. The second-order valence-electron chi connectivity index (χ2n) is 6.88. The Balaban J connectivity index is 1.96. The minimum atomic E-state index is 0.688. The van der Waals surface area contributed by atoms with Gasteiger partial charge in [-0.05, 0) is 24.3 Å². The fourth-order valence-electron chi connectivity index (χ4n) is 3.42. The molecule has 0 unspecified atom stereocenters. The average Bonchev–Trinajstić information content (AvgIpc) is 3.29. The van der Waals surface area contributed by atoms with Crippen LogP contribution in [0.4, 0.5) is 0 Å². The Morgan fingerprint density at radius 1 is 0.581 bits per heavy atom. The van der Waals surface area contributed by atoms with Gasteiger partial charge in [-0.2, -0.15) is 0 Å². The van der Waals surface area contributed by atoms with Gasteiger partial charge in [-0.15, -0.1) is 0 Å². The number of imidazole rings is 1. The molecule has 1 N–H and O–H groups in total. The third-order valence-electron chi connectivity index (χ3n) is 5.02. The van der Waals surface area contributed by atoms with E-state index >= 15 is 0 Å². The van der Waals surface area contributed by atoms with Crippen molar-refractivity contribution in [2.45, 2.75) is 0 Å². The summed E-state index contributed by atoms with van der Waals surface area (Å²) in [7, 11) is 6.53. The van der Waals surface area contributed by atoms with Crippen molar-refractivity contribution >= 4 is 0 Å². The lowest BCUT2D eigenvalue weighted by Gasteiger charge is -2.10. The maximum Gasteiger partial charge on any atom is 0.138 e. The molecule has 4 rings (SSSR count). The lowest BCUT2D eigenvalue weighted by Crippen LogP contribution is -1.92. The van der Waals surface area contributed by atoms with E-state index in [4.69, 9.17) is 23.9 Å². The molecule has 0 fully saturated rings. The normalized spacial score (nSPS) is 10.6. The van der Waals surface area contributed by atoms with Crippen LogP contribution in [0.25, 0.3) is 33.9 Å². The zero-order chi connectivity index (χ0) is 21.8. The van der Waals surface area contributed by atoms with Crippen molar-refractivity contribution in [3.05, 3.63) is 66.7 Å². The standard InChI is InChI=1S/C25H24N2O4/c1-28-19-10-17(11-20(14-19)29-2)23-24(18-12-21(30-3)15-22(13-18)31-4)27-25(26-23)16-8-6-5-7-9-16/h5-15H,1-4H3,(H,26,27). The van der Waals surface area contributed by atoms with E-state index in [0.29, 0.717) is 23.0 Å². The molecule has 158 valence electrons. The zero-order valence-corrected chi connectivity index (χ0v) is 17.9. The van der Waals surface area contributed by atoms with Crippen molar-refractivity contribution < 1.29 is 18.9 Å². The Hall–Kier alpha value is -3.93. The van der Waals surface area contributed by atoms with Crippen LogP contribution in [0.1, 0.15) is 0 Å². The first kappa shape index (κ1) is 20.3. The highest BCUT2D eigenvalue weighted by atomic mass is 16.5. The summed E-state index contributed by atoms with van der Waals surface area (Å²) < 4.78 is 21.9. The van der Waals surface area contributed by atoms with E-state index in [1.165, 1.54) is 0 Å². The third-order valence-corrected chi connectivity index (χ3v) is 5.02. The number of aromatic amines is 1.